The third-order valence-electron chi connectivity index (χ3n) is 4.99. The van der Waals surface area contributed by atoms with E-state index in [0.717, 1.165) is 16.9 Å². The Hall–Kier alpha value is -2.79. The van der Waals surface area contributed by atoms with Crippen LogP contribution in [-0.2, 0) is 20.9 Å². The minimum Gasteiger partial charge on any atom is -0.489 e. The van der Waals surface area contributed by atoms with Gasteiger partial charge in [0.15, 0.2) is 0 Å². The summed E-state index contributed by atoms with van der Waals surface area (Å²) in [5, 5.41) is 0.682. The Balaban J connectivity index is 1.49. The van der Waals surface area contributed by atoms with E-state index in [9.17, 15) is 9.59 Å². The molecule has 6 heteroatoms. The van der Waals surface area contributed by atoms with Gasteiger partial charge in [0.1, 0.15) is 12.4 Å². The van der Waals surface area contributed by atoms with Gasteiger partial charge in [-0.3, -0.25) is 9.59 Å². The zero-order chi connectivity index (χ0) is 20.6. The number of likely N-dealkylation sites (tertiary alicyclic amines) is 1. The Morgan fingerprint density at radius 3 is 2.45 bits per heavy atom. The van der Waals surface area contributed by atoms with E-state index in [1.165, 1.54) is 7.11 Å². The first-order valence-corrected chi connectivity index (χ1v) is 9.95. The van der Waals surface area contributed by atoms with Crippen LogP contribution in [0.1, 0.15) is 24.0 Å². The van der Waals surface area contributed by atoms with Crippen LogP contribution in [0.25, 0.3) is 6.08 Å². The first-order chi connectivity index (χ1) is 14.1. The summed E-state index contributed by atoms with van der Waals surface area (Å²) in [5.74, 6) is 0.390. The van der Waals surface area contributed by atoms with E-state index in [-0.39, 0.29) is 17.8 Å². The zero-order valence-electron chi connectivity index (χ0n) is 16.3. The van der Waals surface area contributed by atoms with Crippen LogP contribution < -0.4 is 4.74 Å². The minimum absolute atomic E-state index is 0.0487. The summed E-state index contributed by atoms with van der Waals surface area (Å²) in [6.45, 7) is 1.53. The molecule has 0 aliphatic carbocycles. The van der Waals surface area contributed by atoms with Crippen molar-refractivity contribution in [1.82, 2.24) is 4.90 Å². The van der Waals surface area contributed by atoms with Crippen LogP contribution in [0.4, 0.5) is 0 Å². The highest BCUT2D eigenvalue weighted by Gasteiger charge is 2.26. The van der Waals surface area contributed by atoms with E-state index in [0.29, 0.717) is 37.6 Å². The molecule has 1 aliphatic heterocycles. The fourth-order valence-electron chi connectivity index (χ4n) is 3.23. The Bertz CT molecular complexity index is 871. The van der Waals surface area contributed by atoms with Gasteiger partial charge in [-0.05, 0) is 42.7 Å². The third-order valence-corrected chi connectivity index (χ3v) is 5.36. The van der Waals surface area contributed by atoms with E-state index >= 15 is 0 Å². The minimum atomic E-state index is -0.190. The molecule has 1 saturated heterocycles. The van der Waals surface area contributed by atoms with E-state index in [1.807, 2.05) is 48.5 Å². The van der Waals surface area contributed by atoms with Crippen molar-refractivity contribution in [3.8, 4) is 5.75 Å². The van der Waals surface area contributed by atoms with E-state index in [1.54, 1.807) is 17.1 Å². The Morgan fingerprint density at radius 1 is 1.10 bits per heavy atom. The smallest absolute Gasteiger partial charge is 0.308 e. The van der Waals surface area contributed by atoms with Crippen LogP contribution in [0, 0.1) is 5.92 Å². The second-order valence-corrected chi connectivity index (χ2v) is 7.31. The molecular formula is C23H24ClNO4. The molecule has 0 bridgehead atoms. The van der Waals surface area contributed by atoms with Gasteiger partial charge in [0.2, 0.25) is 5.91 Å². The molecule has 0 unspecified atom stereocenters. The number of piperidine rings is 1. The number of benzene rings is 2. The van der Waals surface area contributed by atoms with Crippen molar-refractivity contribution in [3.63, 3.8) is 0 Å². The van der Waals surface area contributed by atoms with Gasteiger partial charge >= 0.3 is 5.97 Å². The number of halogens is 1. The fraction of sp³-hybridized carbons (Fsp3) is 0.304. The monoisotopic (exact) mass is 413 g/mol. The van der Waals surface area contributed by atoms with Crippen molar-refractivity contribution in [2.75, 3.05) is 20.2 Å². The van der Waals surface area contributed by atoms with Crippen LogP contribution in [0.2, 0.25) is 5.02 Å². The molecule has 0 atom stereocenters. The first-order valence-electron chi connectivity index (χ1n) is 9.58. The van der Waals surface area contributed by atoms with Crippen molar-refractivity contribution >= 4 is 29.6 Å². The van der Waals surface area contributed by atoms with Gasteiger partial charge in [-0.1, -0.05) is 41.9 Å². The highest BCUT2D eigenvalue weighted by atomic mass is 35.5. The lowest BCUT2D eigenvalue weighted by Gasteiger charge is -2.29. The summed E-state index contributed by atoms with van der Waals surface area (Å²) < 4.78 is 10.5. The van der Waals surface area contributed by atoms with E-state index < -0.39 is 0 Å². The molecule has 3 rings (SSSR count). The normalized spacial score (nSPS) is 14.8. The zero-order valence-corrected chi connectivity index (χ0v) is 17.1. The SMILES string of the molecule is COC(=O)C1CCN(C(=O)/C=C/c2ccc(OCc3ccccc3Cl)cc2)CC1. The van der Waals surface area contributed by atoms with Crippen molar-refractivity contribution in [2.24, 2.45) is 5.92 Å². The summed E-state index contributed by atoms with van der Waals surface area (Å²) in [5.41, 5.74) is 1.84. The van der Waals surface area contributed by atoms with Crippen LogP contribution in [0.15, 0.2) is 54.6 Å². The molecule has 0 N–H and O–H groups in total. The summed E-state index contributed by atoms with van der Waals surface area (Å²) in [4.78, 5) is 25.7. The molecule has 2 aromatic rings. The van der Waals surface area contributed by atoms with Gasteiger partial charge in [0.05, 0.1) is 13.0 Å². The van der Waals surface area contributed by atoms with Crippen LogP contribution in [0.5, 0.6) is 5.75 Å². The van der Waals surface area contributed by atoms with Crippen molar-refractivity contribution < 1.29 is 19.1 Å². The molecule has 2 aromatic carbocycles. The molecular weight excluding hydrogens is 390 g/mol. The molecule has 0 aromatic heterocycles. The van der Waals surface area contributed by atoms with Gasteiger partial charge in [0.25, 0.3) is 0 Å². The highest BCUT2D eigenvalue weighted by Crippen LogP contribution is 2.20. The van der Waals surface area contributed by atoms with Crippen molar-refractivity contribution in [2.45, 2.75) is 19.4 Å². The van der Waals surface area contributed by atoms with Crippen LogP contribution in [0.3, 0.4) is 0 Å². The molecule has 1 fully saturated rings. The maximum absolute atomic E-state index is 12.4. The third kappa shape index (κ3) is 5.84. The maximum atomic E-state index is 12.4. The Labute approximate surface area is 175 Å². The van der Waals surface area contributed by atoms with E-state index in [4.69, 9.17) is 21.1 Å². The maximum Gasteiger partial charge on any atom is 0.308 e. The number of nitrogens with zero attached hydrogens (tertiary/aromatic N) is 1. The molecule has 1 heterocycles. The molecule has 5 nitrogen and oxygen atoms in total. The molecule has 0 radical (unpaired) electrons. The number of carbonyl (C=O) groups excluding carboxylic acids is 2. The van der Waals surface area contributed by atoms with Crippen LogP contribution >= 0.6 is 11.6 Å². The largest absolute Gasteiger partial charge is 0.489 e. The number of carbonyl (C=O) groups is 2. The number of hydrogen-bond donors (Lipinski definition) is 0. The number of rotatable bonds is 6. The lowest BCUT2D eigenvalue weighted by molar-refractivity contribution is -0.148. The summed E-state index contributed by atoms with van der Waals surface area (Å²) in [7, 11) is 1.40. The predicted molar refractivity (Wildman–Crippen MR) is 113 cm³/mol. The average Bonchev–Trinajstić information content (AvgIpc) is 2.77. The highest BCUT2D eigenvalue weighted by molar-refractivity contribution is 6.31. The lowest BCUT2D eigenvalue weighted by atomic mass is 9.97. The van der Waals surface area contributed by atoms with Crippen LogP contribution in [-0.4, -0.2) is 37.0 Å². The summed E-state index contributed by atoms with van der Waals surface area (Å²) >= 11 is 6.13. The summed E-state index contributed by atoms with van der Waals surface area (Å²) in [6.07, 6.45) is 4.64. The van der Waals surface area contributed by atoms with Crippen molar-refractivity contribution in [1.29, 1.82) is 0 Å². The molecule has 0 saturated carbocycles. The number of methoxy groups -OCH3 is 1. The molecule has 0 spiro atoms. The second-order valence-electron chi connectivity index (χ2n) is 6.91. The molecule has 1 amide bonds. The van der Waals surface area contributed by atoms with Gasteiger partial charge in [-0.15, -0.1) is 0 Å². The fourth-order valence-corrected chi connectivity index (χ4v) is 3.42. The predicted octanol–water partition coefficient (Wildman–Crippen LogP) is 4.34. The number of esters is 1. The topological polar surface area (TPSA) is 55.8 Å². The standard InChI is InChI=1S/C23H24ClNO4/c1-28-23(27)18-12-14-25(15-13-18)22(26)11-8-17-6-9-20(10-7-17)29-16-19-4-2-3-5-21(19)24/h2-11,18H,12-16H2,1H3/b11-8+. The average molecular weight is 414 g/mol. The summed E-state index contributed by atoms with van der Waals surface area (Å²) in [6, 6.07) is 15.1. The number of hydrogen-bond acceptors (Lipinski definition) is 4. The molecule has 29 heavy (non-hydrogen) atoms. The lowest BCUT2D eigenvalue weighted by Crippen LogP contribution is -2.39. The van der Waals surface area contributed by atoms with Gasteiger partial charge < -0.3 is 14.4 Å². The number of amides is 1. The van der Waals surface area contributed by atoms with Gasteiger partial charge in [0, 0.05) is 29.8 Å². The molecule has 152 valence electrons. The van der Waals surface area contributed by atoms with Gasteiger partial charge in [-0.2, -0.15) is 0 Å². The first kappa shape index (κ1) is 20.9. The quantitative estimate of drug-likeness (QED) is 0.522. The molecule has 1 aliphatic rings. The second kappa shape index (κ2) is 10.1. The van der Waals surface area contributed by atoms with E-state index in [2.05, 4.69) is 0 Å². The number of ether oxygens (including phenoxy) is 2. The Morgan fingerprint density at radius 2 is 1.79 bits per heavy atom. The van der Waals surface area contributed by atoms with Gasteiger partial charge in [-0.25, -0.2) is 0 Å². The van der Waals surface area contributed by atoms with Crippen molar-refractivity contribution in [3.05, 3.63) is 70.8 Å². The Kier molecular flexibility index (Phi) is 7.30.